The Morgan fingerprint density at radius 2 is 2.39 bits per heavy atom. The van der Waals surface area contributed by atoms with Crippen molar-refractivity contribution in [1.29, 1.82) is 0 Å². The normalized spacial score (nSPS) is 10.3. The minimum atomic E-state index is -0.544. The number of anilines is 1. The summed E-state index contributed by atoms with van der Waals surface area (Å²) in [7, 11) is 0. The van der Waals surface area contributed by atoms with E-state index in [1.165, 1.54) is 6.07 Å². The van der Waals surface area contributed by atoms with Gasteiger partial charge in [0.05, 0.1) is 22.7 Å². The van der Waals surface area contributed by atoms with Crippen LogP contribution in [0.3, 0.4) is 0 Å². The van der Waals surface area contributed by atoms with Crippen LogP contribution in [0.2, 0.25) is 5.02 Å². The van der Waals surface area contributed by atoms with Gasteiger partial charge in [0.25, 0.3) is 5.69 Å². The Bertz CT molecular complexity index is 544. The Morgan fingerprint density at radius 1 is 1.56 bits per heavy atom. The van der Waals surface area contributed by atoms with Crippen molar-refractivity contribution >= 4 is 23.1 Å². The van der Waals surface area contributed by atoms with Gasteiger partial charge in [-0.25, -0.2) is 4.98 Å². The molecule has 0 aliphatic carbocycles. The van der Waals surface area contributed by atoms with Crippen molar-refractivity contribution in [2.45, 2.75) is 6.54 Å². The molecule has 18 heavy (non-hydrogen) atoms. The van der Waals surface area contributed by atoms with Gasteiger partial charge in [0.2, 0.25) is 0 Å². The highest BCUT2D eigenvalue weighted by Gasteiger charge is 2.10. The summed E-state index contributed by atoms with van der Waals surface area (Å²) in [5, 5.41) is 21.1. The van der Waals surface area contributed by atoms with E-state index in [1.807, 2.05) is 0 Å². The van der Waals surface area contributed by atoms with Gasteiger partial charge in [0.15, 0.2) is 0 Å². The van der Waals surface area contributed by atoms with Crippen LogP contribution in [0.4, 0.5) is 11.5 Å². The standard InChI is InChI=1S/C9H9ClN6O2/c10-8-5-7(16(17)18)6-12-9(8)11-1-3-15-4-2-13-14-15/h2,4-6H,1,3H2,(H,11,12). The highest BCUT2D eigenvalue weighted by Crippen LogP contribution is 2.23. The number of nitrogens with one attached hydrogen (secondary N) is 1. The monoisotopic (exact) mass is 268 g/mol. The van der Waals surface area contributed by atoms with Gasteiger partial charge in [-0.2, -0.15) is 0 Å². The number of hydrogen-bond donors (Lipinski definition) is 1. The largest absolute Gasteiger partial charge is 0.367 e. The summed E-state index contributed by atoms with van der Waals surface area (Å²) in [6.45, 7) is 1.13. The molecule has 0 atom stereocenters. The van der Waals surface area contributed by atoms with Crippen molar-refractivity contribution < 1.29 is 4.92 Å². The first-order valence-electron chi connectivity index (χ1n) is 5.05. The van der Waals surface area contributed by atoms with E-state index in [4.69, 9.17) is 11.6 Å². The molecule has 2 rings (SSSR count). The van der Waals surface area contributed by atoms with Crippen molar-refractivity contribution in [3.63, 3.8) is 0 Å². The molecule has 0 saturated carbocycles. The highest BCUT2D eigenvalue weighted by atomic mass is 35.5. The first kappa shape index (κ1) is 12.2. The fourth-order valence-electron chi connectivity index (χ4n) is 1.30. The van der Waals surface area contributed by atoms with Gasteiger partial charge < -0.3 is 5.32 Å². The predicted molar refractivity (Wildman–Crippen MR) is 64.4 cm³/mol. The van der Waals surface area contributed by atoms with Crippen LogP contribution < -0.4 is 5.32 Å². The van der Waals surface area contributed by atoms with Crippen LogP contribution in [-0.4, -0.2) is 31.4 Å². The van der Waals surface area contributed by atoms with Gasteiger partial charge >= 0.3 is 0 Å². The lowest BCUT2D eigenvalue weighted by Gasteiger charge is -2.06. The maximum Gasteiger partial charge on any atom is 0.289 e. The molecule has 0 spiro atoms. The second kappa shape index (κ2) is 5.41. The third kappa shape index (κ3) is 2.92. The number of hydrogen-bond acceptors (Lipinski definition) is 6. The van der Waals surface area contributed by atoms with Crippen molar-refractivity contribution in [3.05, 3.63) is 39.8 Å². The lowest BCUT2D eigenvalue weighted by molar-refractivity contribution is -0.385. The fraction of sp³-hybridized carbons (Fsp3) is 0.222. The summed E-state index contributed by atoms with van der Waals surface area (Å²) < 4.78 is 1.65. The second-order valence-corrected chi connectivity index (χ2v) is 3.78. The Labute approximate surface area is 107 Å². The van der Waals surface area contributed by atoms with Crippen LogP contribution in [0.15, 0.2) is 24.7 Å². The van der Waals surface area contributed by atoms with Crippen molar-refractivity contribution in [1.82, 2.24) is 20.0 Å². The Morgan fingerprint density at radius 3 is 3.00 bits per heavy atom. The average Bonchev–Trinajstić information content (AvgIpc) is 2.84. The van der Waals surface area contributed by atoms with Crippen LogP contribution in [0, 0.1) is 10.1 Å². The lowest BCUT2D eigenvalue weighted by atomic mass is 10.4. The molecule has 94 valence electrons. The first-order valence-corrected chi connectivity index (χ1v) is 5.42. The highest BCUT2D eigenvalue weighted by molar-refractivity contribution is 6.33. The SMILES string of the molecule is O=[N+]([O-])c1cnc(NCCn2ccnn2)c(Cl)c1. The van der Waals surface area contributed by atoms with Gasteiger partial charge in [0.1, 0.15) is 12.0 Å². The zero-order valence-electron chi connectivity index (χ0n) is 9.15. The number of nitrogens with zero attached hydrogens (tertiary/aromatic N) is 5. The molecule has 9 heteroatoms. The van der Waals surface area contributed by atoms with E-state index in [0.717, 1.165) is 6.20 Å². The molecule has 0 radical (unpaired) electrons. The lowest BCUT2D eigenvalue weighted by Crippen LogP contribution is -2.12. The third-order valence-corrected chi connectivity index (χ3v) is 2.43. The summed E-state index contributed by atoms with van der Waals surface area (Å²) in [5.74, 6) is 0.405. The maximum absolute atomic E-state index is 10.5. The molecule has 2 aromatic rings. The van der Waals surface area contributed by atoms with E-state index in [1.54, 1.807) is 17.1 Å². The summed E-state index contributed by atoms with van der Waals surface area (Å²) in [5.41, 5.74) is -0.137. The molecule has 8 nitrogen and oxygen atoms in total. The third-order valence-electron chi connectivity index (χ3n) is 2.14. The van der Waals surface area contributed by atoms with Crippen molar-refractivity contribution in [2.24, 2.45) is 0 Å². The van der Waals surface area contributed by atoms with E-state index in [-0.39, 0.29) is 10.7 Å². The maximum atomic E-state index is 10.5. The van der Waals surface area contributed by atoms with E-state index < -0.39 is 4.92 Å². The number of pyridine rings is 1. The molecule has 1 N–H and O–H groups in total. The van der Waals surface area contributed by atoms with Gasteiger partial charge in [-0.15, -0.1) is 5.10 Å². The first-order chi connectivity index (χ1) is 8.66. The molecule has 0 fully saturated rings. The molecule has 2 aromatic heterocycles. The number of rotatable bonds is 5. The van der Waals surface area contributed by atoms with Gasteiger partial charge in [-0.1, -0.05) is 16.8 Å². The Kier molecular flexibility index (Phi) is 3.68. The molecule has 0 unspecified atom stereocenters. The van der Waals surface area contributed by atoms with E-state index >= 15 is 0 Å². The topological polar surface area (TPSA) is 98.8 Å². The van der Waals surface area contributed by atoms with Crippen LogP contribution in [0.5, 0.6) is 0 Å². The summed E-state index contributed by atoms with van der Waals surface area (Å²) >= 11 is 5.87. The van der Waals surface area contributed by atoms with Crippen molar-refractivity contribution in [3.8, 4) is 0 Å². The molecular formula is C9H9ClN6O2. The minimum absolute atomic E-state index is 0.137. The van der Waals surface area contributed by atoms with Crippen LogP contribution in [0.25, 0.3) is 0 Å². The zero-order chi connectivity index (χ0) is 13.0. The molecule has 0 aromatic carbocycles. The quantitative estimate of drug-likeness (QED) is 0.649. The van der Waals surface area contributed by atoms with E-state index in [9.17, 15) is 10.1 Å². The molecule has 0 aliphatic rings. The molecule has 0 aliphatic heterocycles. The Balaban J connectivity index is 1.95. The van der Waals surface area contributed by atoms with Crippen LogP contribution >= 0.6 is 11.6 Å². The zero-order valence-corrected chi connectivity index (χ0v) is 9.91. The smallest absolute Gasteiger partial charge is 0.289 e. The summed E-state index contributed by atoms with van der Waals surface area (Å²) in [4.78, 5) is 13.8. The summed E-state index contributed by atoms with van der Waals surface area (Å²) in [6.07, 6.45) is 4.47. The second-order valence-electron chi connectivity index (χ2n) is 3.37. The van der Waals surface area contributed by atoms with E-state index in [2.05, 4.69) is 20.6 Å². The summed E-state index contributed by atoms with van der Waals surface area (Å²) in [6, 6.07) is 1.26. The molecule has 0 saturated heterocycles. The van der Waals surface area contributed by atoms with Crippen LogP contribution in [0.1, 0.15) is 0 Å². The van der Waals surface area contributed by atoms with Gasteiger partial charge in [-0.05, 0) is 0 Å². The molecule has 0 amide bonds. The molecule has 0 bridgehead atoms. The number of halogens is 1. The fourth-order valence-corrected chi connectivity index (χ4v) is 1.53. The predicted octanol–water partition coefficient (Wildman–Crippen LogP) is 1.35. The van der Waals surface area contributed by atoms with Gasteiger partial charge in [-0.3, -0.25) is 14.8 Å². The number of aromatic nitrogens is 4. The van der Waals surface area contributed by atoms with Crippen LogP contribution in [-0.2, 0) is 6.54 Å². The molecular weight excluding hydrogens is 260 g/mol. The van der Waals surface area contributed by atoms with E-state index in [0.29, 0.717) is 18.9 Å². The average molecular weight is 269 g/mol. The molecule has 2 heterocycles. The minimum Gasteiger partial charge on any atom is -0.367 e. The number of nitro groups is 1. The Hall–Kier alpha value is -2.22. The van der Waals surface area contributed by atoms with Gasteiger partial charge in [0, 0.05) is 18.8 Å². The van der Waals surface area contributed by atoms with Crippen molar-refractivity contribution in [2.75, 3.05) is 11.9 Å².